The van der Waals surface area contributed by atoms with Crippen molar-refractivity contribution in [2.75, 3.05) is 13.7 Å². The molecule has 7 heteroatoms. The van der Waals surface area contributed by atoms with Crippen LogP contribution in [0.3, 0.4) is 0 Å². The maximum atomic E-state index is 13.6. The summed E-state index contributed by atoms with van der Waals surface area (Å²) in [6, 6.07) is 11.3. The Morgan fingerprint density at radius 1 is 1.19 bits per heavy atom. The Kier molecular flexibility index (Phi) is 7.35. The van der Waals surface area contributed by atoms with Gasteiger partial charge in [0, 0.05) is 6.54 Å². The van der Waals surface area contributed by atoms with Gasteiger partial charge in [-0.1, -0.05) is 25.1 Å². The number of carbonyl (C=O) groups is 1. The molecule has 0 radical (unpaired) electrons. The molecule has 0 saturated heterocycles. The fourth-order valence-corrected chi connectivity index (χ4v) is 2.36. The Morgan fingerprint density at radius 2 is 1.96 bits per heavy atom. The Balaban J connectivity index is 1.92. The lowest BCUT2D eigenvalue weighted by atomic mass is 10.2. The summed E-state index contributed by atoms with van der Waals surface area (Å²) in [5, 5.41) is 5.49. The van der Waals surface area contributed by atoms with Crippen LogP contribution in [-0.4, -0.2) is 24.7 Å². The Hall–Kier alpha value is -2.67. The molecule has 1 amide bonds. The number of benzene rings is 2. The van der Waals surface area contributed by atoms with Gasteiger partial charge in [-0.2, -0.15) is 0 Å². The van der Waals surface area contributed by atoms with Gasteiger partial charge in [0.15, 0.2) is 16.6 Å². The molecular weight excluding hydrogens is 355 g/mol. The first-order chi connectivity index (χ1) is 12.5. The van der Waals surface area contributed by atoms with Crippen molar-refractivity contribution in [3.63, 3.8) is 0 Å². The van der Waals surface area contributed by atoms with Gasteiger partial charge in [0.25, 0.3) is 5.91 Å². The van der Waals surface area contributed by atoms with E-state index in [-0.39, 0.29) is 10.7 Å². The molecule has 0 saturated carbocycles. The molecule has 0 atom stereocenters. The maximum Gasteiger partial charge on any atom is 0.260 e. The summed E-state index contributed by atoms with van der Waals surface area (Å²) < 4.78 is 24.5. The number of methoxy groups -OCH3 is 1. The highest BCUT2D eigenvalue weighted by atomic mass is 32.1. The normalized spacial score (nSPS) is 10.1. The summed E-state index contributed by atoms with van der Waals surface area (Å²) in [6.07, 6.45) is 0.905. The third kappa shape index (κ3) is 5.42. The van der Waals surface area contributed by atoms with E-state index < -0.39 is 11.7 Å². The molecular formula is C19H21FN2O3S. The van der Waals surface area contributed by atoms with Crippen LogP contribution in [0.2, 0.25) is 0 Å². The molecule has 0 aliphatic heterocycles. The summed E-state index contributed by atoms with van der Waals surface area (Å²) in [4.78, 5) is 12.0. The van der Waals surface area contributed by atoms with Gasteiger partial charge >= 0.3 is 0 Å². The molecule has 0 fully saturated rings. The van der Waals surface area contributed by atoms with E-state index in [0.717, 1.165) is 12.0 Å². The van der Waals surface area contributed by atoms with Crippen LogP contribution in [0.4, 0.5) is 4.39 Å². The Labute approximate surface area is 157 Å². The minimum Gasteiger partial charge on any atom is -0.493 e. The summed E-state index contributed by atoms with van der Waals surface area (Å²) >= 11 is 5.10. The van der Waals surface area contributed by atoms with Crippen LogP contribution >= 0.6 is 12.2 Å². The molecule has 0 heterocycles. The topological polar surface area (TPSA) is 59.6 Å². The van der Waals surface area contributed by atoms with Gasteiger partial charge in [0.1, 0.15) is 5.82 Å². The van der Waals surface area contributed by atoms with Gasteiger partial charge in [-0.25, -0.2) is 4.39 Å². The van der Waals surface area contributed by atoms with Crippen LogP contribution in [0.5, 0.6) is 11.5 Å². The van der Waals surface area contributed by atoms with Crippen LogP contribution in [0.25, 0.3) is 0 Å². The second-order valence-electron chi connectivity index (χ2n) is 5.45. The minimum absolute atomic E-state index is 0.0595. The standard InChI is InChI=1S/C19H21FN2O3S/c1-3-10-25-16-9-8-13(11-17(16)24-2)12-21-19(26)22-18(23)14-6-4-5-7-15(14)20/h4-9,11H,3,10,12H2,1-2H3,(H2,21,22,23,26). The highest BCUT2D eigenvalue weighted by molar-refractivity contribution is 7.80. The van der Waals surface area contributed by atoms with E-state index in [1.165, 1.54) is 18.2 Å². The zero-order chi connectivity index (χ0) is 18.9. The highest BCUT2D eigenvalue weighted by Gasteiger charge is 2.12. The van der Waals surface area contributed by atoms with Crippen LogP contribution in [0, 0.1) is 5.82 Å². The lowest BCUT2D eigenvalue weighted by Crippen LogP contribution is -2.39. The second-order valence-corrected chi connectivity index (χ2v) is 5.86. The smallest absolute Gasteiger partial charge is 0.260 e. The first kappa shape index (κ1) is 19.7. The number of hydrogen-bond donors (Lipinski definition) is 2. The average molecular weight is 376 g/mol. The van der Waals surface area contributed by atoms with Crippen LogP contribution < -0.4 is 20.1 Å². The van der Waals surface area contributed by atoms with Gasteiger partial charge in [-0.05, 0) is 48.5 Å². The number of halogens is 1. The molecule has 5 nitrogen and oxygen atoms in total. The van der Waals surface area contributed by atoms with E-state index in [4.69, 9.17) is 21.7 Å². The Morgan fingerprint density at radius 3 is 2.65 bits per heavy atom. The monoisotopic (exact) mass is 376 g/mol. The molecule has 0 aromatic heterocycles. The van der Waals surface area contributed by atoms with E-state index in [1.54, 1.807) is 13.2 Å². The molecule has 0 aliphatic carbocycles. The van der Waals surface area contributed by atoms with Crippen molar-refractivity contribution in [3.05, 3.63) is 59.4 Å². The van der Waals surface area contributed by atoms with E-state index in [1.807, 2.05) is 25.1 Å². The van der Waals surface area contributed by atoms with Crippen LogP contribution in [0.1, 0.15) is 29.3 Å². The molecule has 0 spiro atoms. The quantitative estimate of drug-likeness (QED) is 0.725. The fraction of sp³-hybridized carbons (Fsp3) is 0.263. The first-order valence-electron chi connectivity index (χ1n) is 8.18. The van der Waals surface area contributed by atoms with Gasteiger partial charge in [-0.15, -0.1) is 0 Å². The predicted octanol–water partition coefficient (Wildman–Crippen LogP) is 3.43. The van der Waals surface area contributed by atoms with Crippen molar-refractivity contribution in [1.82, 2.24) is 10.6 Å². The molecule has 2 aromatic carbocycles. The van der Waals surface area contributed by atoms with Gasteiger partial charge in [-0.3, -0.25) is 10.1 Å². The maximum absolute atomic E-state index is 13.6. The highest BCUT2D eigenvalue weighted by Crippen LogP contribution is 2.28. The number of rotatable bonds is 7. The third-order valence-corrected chi connectivity index (χ3v) is 3.73. The van der Waals surface area contributed by atoms with Gasteiger partial charge in [0.2, 0.25) is 0 Å². The Bertz CT molecular complexity index is 783. The predicted molar refractivity (Wildman–Crippen MR) is 102 cm³/mol. The summed E-state index contributed by atoms with van der Waals surface area (Å²) in [7, 11) is 1.57. The number of nitrogens with one attached hydrogen (secondary N) is 2. The van der Waals surface area contributed by atoms with Crippen molar-refractivity contribution < 1.29 is 18.7 Å². The summed E-state index contributed by atoms with van der Waals surface area (Å²) in [5.74, 6) is 0.106. The SMILES string of the molecule is CCCOc1ccc(CNC(=S)NC(=O)c2ccccc2F)cc1OC. The number of amides is 1. The second kappa shape index (κ2) is 9.72. The number of hydrogen-bond acceptors (Lipinski definition) is 4. The number of thiocarbonyl (C=S) groups is 1. The third-order valence-electron chi connectivity index (χ3n) is 3.49. The summed E-state index contributed by atoms with van der Waals surface area (Å²) in [6.45, 7) is 3.02. The molecule has 0 aliphatic rings. The number of ether oxygens (including phenoxy) is 2. The molecule has 26 heavy (non-hydrogen) atoms. The minimum atomic E-state index is -0.597. The van der Waals surface area contributed by atoms with E-state index in [0.29, 0.717) is 24.7 Å². The zero-order valence-electron chi connectivity index (χ0n) is 14.7. The lowest BCUT2D eigenvalue weighted by molar-refractivity contribution is 0.0972. The fourth-order valence-electron chi connectivity index (χ4n) is 2.20. The average Bonchev–Trinajstić information content (AvgIpc) is 2.65. The first-order valence-corrected chi connectivity index (χ1v) is 8.59. The van der Waals surface area contributed by atoms with Crippen LogP contribution in [0.15, 0.2) is 42.5 Å². The van der Waals surface area contributed by atoms with Crippen LogP contribution in [-0.2, 0) is 6.54 Å². The van der Waals surface area contributed by atoms with Crippen molar-refractivity contribution in [2.45, 2.75) is 19.9 Å². The molecule has 138 valence electrons. The molecule has 2 rings (SSSR count). The lowest BCUT2D eigenvalue weighted by Gasteiger charge is -2.13. The van der Waals surface area contributed by atoms with Crippen molar-refractivity contribution >= 4 is 23.2 Å². The van der Waals surface area contributed by atoms with E-state index >= 15 is 0 Å². The van der Waals surface area contributed by atoms with Crippen molar-refractivity contribution in [2.24, 2.45) is 0 Å². The molecule has 2 N–H and O–H groups in total. The van der Waals surface area contributed by atoms with E-state index in [9.17, 15) is 9.18 Å². The van der Waals surface area contributed by atoms with Gasteiger partial charge < -0.3 is 14.8 Å². The number of carbonyl (C=O) groups excluding carboxylic acids is 1. The summed E-state index contributed by atoms with van der Waals surface area (Å²) in [5.41, 5.74) is 0.837. The zero-order valence-corrected chi connectivity index (χ0v) is 15.5. The largest absolute Gasteiger partial charge is 0.493 e. The van der Waals surface area contributed by atoms with Gasteiger partial charge in [0.05, 0.1) is 19.3 Å². The molecule has 0 bridgehead atoms. The van der Waals surface area contributed by atoms with Crippen molar-refractivity contribution in [1.29, 1.82) is 0 Å². The van der Waals surface area contributed by atoms with E-state index in [2.05, 4.69) is 10.6 Å². The molecule has 0 unspecified atom stereocenters. The molecule has 2 aromatic rings. The van der Waals surface area contributed by atoms with Crippen molar-refractivity contribution in [3.8, 4) is 11.5 Å².